The van der Waals surface area contributed by atoms with Crippen LogP contribution in [-0.2, 0) is 19.7 Å². The maximum atomic E-state index is 13.4. The van der Waals surface area contributed by atoms with Gasteiger partial charge in [-0.2, -0.15) is 0 Å². The summed E-state index contributed by atoms with van der Waals surface area (Å²) in [5.41, 5.74) is 2.32. The molecule has 1 unspecified atom stereocenters. The number of anilines is 1. The maximum absolute atomic E-state index is 13.4. The number of aliphatic hydroxyl groups is 1. The molecule has 0 aromatic heterocycles. The van der Waals surface area contributed by atoms with Gasteiger partial charge in [0.2, 0.25) is 0 Å². The summed E-state index contributed by atoms with van der Waals surface area (Å²) in [5.74, 6) is -1.69. The lowest BCUT2D eigenvalue weighted by Gasteiger charge is -2.26. The molecule has 3 aromatic carbocycles. The Bertz CT molecular complexity index is 1380. The van der Waals surface area contributed by atoms with Gasteiger partial charge in [-0.15, -0.1) is 0 Å². The second-order valence-corrected chi connectivity index (χ2v) is 9.78. The number of carbonyl (C=O) groups is 3. The number of esters is 1. The van der Waals surface area contributed by atoms with E-state index in [0.29, 0.717) is 28.1 Å². The number of nitrogens with zero attached hydrogens (tertiary/aromatic N) is 1. The topological polar surface area (TPSA) is 93.1 Å². The Balaban J connectivity index is 1.90. The van der Waals surface area contributed by atoms with Gasteiger partial charge < -0.3 is 14.6 Å². The number of aliphatic hydroxyl groups excluding tert-OH is 1. The van der Waals surface area contributed by atoms with E-state index in [1.807, 2.05) is 26.8 Å². The Morgan fingerprint density at radius 3 is 2.08 bits per heavy atom. The van der Waals surface area contributed by atoms with Crippen LogP contribution in [-0.4, -0.2) is 37.0 Å². The van der Waals surface area contributed by atoms with E-state index in [4.69, 9.17) is 9.47 Å². The van der Waals surface area contributed by atoms with E-state index >= 15 is 0 Å². The van der Waals surface area contributed by atoms with Crippen LogP contribution in [0, 0.1) is 0 Å². The standard InChI is InChI=1S/C30H29NO6/c1-30(2,3)22-17-20(13-16-23(22)36-4)26(32)24-25(18-9-7-6-8-10-18)31(28(34)27(24)33)21-14-11-19(12-15-21)29(35)37-5/h6-17,25,32H,1-5H3/b26-24-. The van der Waals surface area contributed by atoms with E-state index in [1.54, 1.807) is 61.7 Å². The molecule has 37 heavy (non-hydrogen) atoms. The third-order valence-electron chi connectivity index (χ3n) is 6.41. The monoisotopic (exact) mass is 499 g/mol. The van der Waals surface area contributed by atoms with Crippen LogP contribution in [0.4, 0.5) is 5.69 Å². The Kier molecular flexibility index (Phi) is 6.90. The van der Waals surface area contributed by atoms with Gasteiger partial charge in [-0.3, -0.25) is 14.5 Å². The summed E-state index contributed by atoms with van der Waals surface area (Å²) in [6, 6.07) is 19.6. The summed E-state index contributed by atoms with van der Waals surface area (Å²) in [7, 11) is 2.87. The molecule has 1 saturated heterocycles. The lowest BCUT2D eigenvalue weighted by atomic mass is 9.84. The molecule has 1 aliphatic rings. The second-order valence-electron chi connectivity index (χ2n) is 9.78. The van der Waals surface area contributed by atoms with Crippen molar-refractivity contribution in [3.8, 4) is 5.75 Å². The lowest BCUT2D eigenvalue weighted by molar-refractivity contribution is -0.132. The molecule has 3 aromatic rings. The summed E-state index contributed by atoms with van der Waals surface area (Å²) >= 11 is 0. The summed E-state index contributed by atoms with van der Waals surface area (Å²) in [6.07, 6.45) is 0. The third-order valence-corrected chi connectivity index (χ3v) is 6.41. The third kappa shape index (κ3) is 4.72. The minimum atomic E-state index is -0.870. The number of rotatable bonds is 5. The molecule has 0 saturated carbocycles. The first-order valence-electron chi connectivity index (χ1n) is 11.8. The summed E-state index contributed by atoms with van der Waals surface area (Å²) in [4.78, 5) is 40.0. The zero-order valence-electron chi connectivity index (χ0n) is 21.4. The number of ketones is 1. The summed E-state index contributed by atoms with van der Waals surface area (Å²) in [6.45, 7) is 6.07. The van der Waals surface area contributed by atoms with E-state index in [2.05, 4.69) is 0 Å². The number of benzene rings is 3. The number of ether oxygens (including phenoxy) is 2. The summed E-state index contributed by atoms with van der Waals surface area (Å²) < 4.78 is 10.3. The highest BCUT2D eigenvalue weighted by atomic mass is 16.5. The minimum Gasteiger partial charge on any atom is -0.507 e. The second kappa shape index (κ2) is 9.93. The highest BCUT2D eigenvalue weighted by Crippen LogP contribution is 2.43. The predicted molar refractivity (Wildman–Crippen MR) is 141 cm³/mol. The quantitative estimate of drug-likeness (QED) is 0.219. The first-order chi connectivity index (χ1) is 17.6. The van der Waals surface area contributed by atoms with Crippen LogP contribution in [0.3, 0.4) is 0 Å². The van der Waals surface area contributed by atoms with E-state index in [-0.39, 0.29) is 16.7 Å². The first-order valence-corrected chi connectivity index (χ1v) is 11.8. The number of methoxy groups -OCH3 is 2. The van der Waals surface area contributed by atoms with Gasteiger partial charge in [0.25, 0.3) is 11.7 Å². The van der Waals surface area contributed by atoms with Crippen molar-refractivity contribution in [2.24, 2.45) is 0 Å². The molecule has 1 fully saturated rings. The predicted octanol–water partition coefficient (Wildman–Crippen LogP) is 5.41. The van der Waals surface area contributed by atoms with Crippen LogP contribution < -0.4 is 9.64 Å². The van der Waals surface area contributed by atoms with Gasteiger partial charge in [0, 0.05) is 16.8 Å². The Morgan fingerprint density at radius 2 is 1.51 bits per heavy atom. The average molecular weight is 500 g/mol. The van der Waals surface area contributed by atoms with E-state index in [0.717, 1.165) is 5.56 Å². The number of hydrogen-bond donors (Lipinski definition) is 1. The molecule has 1 heterocycles. The fourth-order valence-corrected chi connectivity index (χ4v) is 4.52. The minimum absolute atomic E-state index is 0.0155. The number of Topliss-reactive ketones (excluding diaryl/α,β-unsaturated/α-hetero) is 1. The van der Waals surface area contributed by atoms with Crippen molar-refractivity contribution in [1.29, 1.82) is 0 Å². The molecule has 1 N–H and O–H groups in total. The fraction of sp³-hybridized carbons (Fsp3) is 0.233. The molecule has 1 aliphatic heterocycles. The van der Waals surface area contributed by atoms with Crippen LogP contribution in [0.2, 0.25) is 0 Å². The molecule has 7 heteroatoms. The lowest BCUT2D eigenvalue weighted by Crippen LogP contribution is -2.29. The summed E-state index contributed by atoms with van der Waals surface area (Å²) in [5, 5.41) is 11.5. The average Bonchev–Trinajstić information content (AvgIpc) is 3.17. The zero-order chi connectivity index (χ0) is 26.9. The highest BCUT2D eigenvalue weighted by Gasteiger charge is 2.47. The smallest absolute Gasteiger partial charge is 0.337 e. The van der Waals surface area contributed by atoms with Crippen LogP contribution >= 0.6 is 0 Å². The molecule has 0 radical (unpaired) electrons. The van der Waals surface area contributed by atoms with Crippen molar-refractivity contribution in [1.82, 2.24) is 0 Å². The van der Waals surface area contributed by atoms with Crippen LogP contribution in [0.15, 0.2) is 78.4 Å². The van der Waals surface area contributed by atoms with Gasteiger partial charge in [-0.1, -0.05) is 51.1 Å². The van der Waals surface area contributed by atoms with Crippen LogP contribution in [0.1, 0.15) is 53.9 Å². The van der Waals surface area contributed by atoms with Gasteiger partial charge in [0.1, 0.15) is 11.5 Å². The highest BCUT2D eigenvalue weighted by molar-refractivity contribution is 6.51. The molecular formula is C30H29NO6. The van der Waals surface area contributed by atoms with Crippen LogP contribution in [0.25, 0.3) is 5.76 Å². The largest absolute Gasteiger partial charge is 0.507 e. The van der Waals surface area contributed by atoms with Crippen molar-refractivity contribution < 1.29 is 29.0 Å². The molecular weight excluding hydrogens is 470 g/mol. The number of amides is 1. The molecule has 0 bridgehead atoms. The fourth-order valence-electron chi connectivity index (χ4n) is 4.52. The number of hydrogen-bond acceptors (Lipinski definition) is 6. The normalized spacial score (nSPS) is 17.1. The van der Waals surface area contributed by atoms with Gasteiger partial charge in [-0.05, 0) is 53.4 Å². The van der Waals surface area contributed by atoms with E-state index < -0.39 is 23.7 Å². The van der Waals surface area contributed by atoms with Crippen molar-refractivity contribution >= 4 is 29.1 Å². The molecule has 190 valence electrons. The molecule has 1 atom stereocenters. The maximum Gasteiger partial charge on any atom is 0.337 e. The molecule has 0 spiro atoms. The van der Waals surface area contributed by atoms with E-state index in [1.165, 1.54) is 24.1 Å². The van der Waals surface area contributed by atoms with E-state index in [9.17, 15) is 19.5 Å². The SMILES string of the molecule is COC(=O)c1ccc(N2C(=O)C(=O)/C(=C(\O)c3ccc(OC)c(C(C)(C)C)c3)C2c2ccccc2)cc1. The first kappa shape index (κ1) is 25.7. The van der Waals surface area contributed by atoms with Crippen molar-refractivity contribution in [2.75, 3.05) is 19.1 Å². The van der Waals surface area contributed by atoms with Crippen molar-refractivity contribution in [3.63, 3.8) is 0 Å². The number of carbonyl (C=O) groups excluding carboxylic acids is 3. The molecule has 1 amide bonds. The van der Waals surface area contributed by atoms with Crippen LogP contribution in [0.5, 0.6) is 5.75 Å². The van der Waals surface area contributed by atoms with Gasteiger partial charge >= 0.3 is 5.97 Å². The Hall–Kier alpha value is -4.39. The molecule has 4 rings (SSSR count). The van der Waals surface area contributed by atoms with Gasteiger partial charge in [0.05, 0.1) is 31.4 Å². The molecule has 7 nitrogen and oxygen atoms in total. The molecule has 0 aliphatic carbocycles. The zero-order valence-corrected chi connectivity index (χ0v) is 21.4. The Morgan fingerprint density at radius 1 is 0.892 bits per heavy atom. The Labute approximate surface area is 215 Å². The van der Waals surface area contributed by atoms with Crippen molar-refractivity contribution in [3.05, 3.63) is 101 Å². The van der Waals surface area contributed by atoms with Crippen molar-refractivity contribution in [2.45, 2.75) is 32.2 Å². The van der Waals surface area contributed by atoms with Gasteiger partial charge in [0.15, 0.2) is 0 Å². The van der Waals surface area contributed by atoms with Gasteiger partial charge in [-0.25, -0.2) is 4.79 Å².